The highest BCUT2D eigenvalue weighted by Crippen LogP contribution is 2.34. The van der Waals surface area contributed by atoms with E-state index in [-0.39, 0.29) is 0 Å². The van der Waals surface area contributed by atoms with E-state index in [2.05, 4.69) is 11.4 Å². The summed E-state index contributed by atoms with van der Waals surface area (Å²) in [4.78, 5) is 0. The van der Waals surface area contributed by atoms with Crippen molar-refractivity contribution in [1.29, 1.82) is 0 Å². The molecule has 0 spiro atoms. The lowest BCUT2D eigenvalue weighted by Crippen LogP contribution is -2.20. The van der Waals surface area contributed by atoms with Gasteiger partial charge >= 0.3 is 0 Å². The summed E-state index contributed by atoms with van der Waals surface area (Å²) in [5, 5.41) is 3.36. The molecule has 112 valence electrons. The van der Waals surface area contributed by atoms with Crippen molar-refractivity contribution in [2.75, 3.05) is 27.4 Å². The zero-order chi connectivity index (χ0) is 14.2. The molecule has 0 unspecified atom stereocenters. The number of hydrogen-bond donors (Lipinski definition) is 1. The van der Waals surface area contributed by atoms with Crippen LogP contribution in [-0.2, 0) is 11.3 Å². The van der Waals surface area contributed by atoms with Crippen LogP contribution in [0.2, 0.25) is 0 Å². The molecule has 0 aliphatic heterocycles. The first-order valence-corrected chi connectivity index (χ1v) is 7.37. The van der Waals surface area contributed by atoms with E-state index in [9.17, 15) is 0 Å². The molecule has 1 saturated carbocycles. The predicted molar refractivity (Wildman–Crippen MR) is 79.5 cm³/mol. The van der Waals surface area contributed by atoms with Gasteiger partial charge in [0.05, 0.1) is 19.8 Å². The summed E-state index contributed by atoms with van der Waals surface area (Å²) in [5.41, 5.74) is 1.15. The van der Waals surface area contributed by atoms with Crippen molar-refractivity contribution in [3.05, 3.63) is 23.8 Å². The Balaban J connectivity index is 2.04. The molecule has 2 rings (SSSR count). The second-order valence-electron chi connectivity index (χ2n) is 5.14. The van der Waals surface area contributed by atoms with Gasteiger partial charge in [-0.05, 0) is 31.7 Å². The molecule has 4 nitrogen and oxygen atoms in total. The van der Waals surface area contributed by atoms with E-state index in [0.29, 0.717) is 12.7 Å². The third-order valence-corrected chi connectivity index (χ3v) is 3.67. The van der Waals surface area contributed by atoms with Crippen LogP contribution in [0.25, 0.3) is 0 Å². The van der Waals surface area contributed by atoms with Crippen molar-refractivity contribution in [1.82, 2.24) is 5.32 Å². The lowest BCUT2D eigenvalue weighted by atomic mass is 10.1. The molecule has 1 N–H and O–H groups in total. The van der Waals surface area contributed by atoms with Gasteiger partial charge in [-0.25, -0.2) is 0 Å². The Labute approximate surface area is 121 Å². The number of ether oxygens (including phenoxy) is 3. The predicted octanol–water partition coefficient (Wildman–Crippen LogP) is 2.75. The van der Waals surface area contributed by atoms with Crippen LogP contribution in [0.15, 0.2) is 18.2 Å². The number of para-hydroxylation sites is 1. The number of nitrogens with one attached hydrogen (secondary N) is 1. The Morgan fingerprint density at radius 2 is 2.00 bits per heavy atom. The first-order valence-electron chi connectivity index (χ1n) is 7.37. The third kappa shape index (κ3) is 4.12. The highest BCUT2D eigenvalue weighted by atomic mass is 16.5. The lowest BCUT2D eigenvalue weighted by Gasteiger charge is -2.19. The van der Waals surface area contributed by atoms with Crippen molar-refractivity contribution in [3.8, 4) is 11.5 Å². The summed E-state index contributed by atoms with van der Waals surface area (Å²) in [5.74, 6) is 1.72. The van der Waals surface area contributed by atoms with Crippen LogP contribution in [0.4, 0.5) is 0 Å². The van der Waals surface area contributed by atoms with Crippen LogP contribution in [-0.4, -0.2) is 33.5 Å². The Morgan fingerprint density at radius 3 is 2.70 bits per heavy atom. The second kappa shape index (κ2) is 8.12. The first-order chi connectivity index (χ1) is 9.85. The van der Waals surface area contributed by atoms with Crippen LogP contribution in [0.3, 0.4) is 0 Å². The van der Waals surface area contributed by atoms with Gasteiger partial charge in [0.15, 0.2) is 11.5 Å². The molecular weight excluding hydrogens is 254 g/mol. The summed E-state index contributed by atoms with van der Waals surface area (Å²) in [6.07, 6.45) is 5.16. The quantitative estimate of drug-likeness (QED) is 0.743. The van der Waals surface area contributed by atoms with Crippen molar-refractivity contribution in [2.24, 2.45) is 0 Å². The minimum absolute atomic E-state index is 0.337. The van der Waals surface area contributed by atoms with Gasteiger partial charge in [-0.3, -0.25) is 0 Å². The Kier molecular flexibility index (Phi) is 6.15. The van der Waals surface area contributed by atoms with Crippen LogP contribution in [0, 0.1) is 0 Å². The summed E-state index contributed by atoms with van der Waals surface area (Å²) in [6.45, 7) is 2.31. The van der Waals surface area contributed by atoms with E-state index in [1.165, 1.54) is 12.8 Å². The minimum atomic E-state index is 0.337. The van der Waals surface area contributed by atoms with Gasteiger partial charge in [-0.1, -0.05) is 12.1 Å². The molecule has 0 bridgehead atoms. The Hall–Kier alpha value is -1.26. The summed E-state index contributed by atoms with van der Waals surface area (Å²) >= 11 is 0. The maximum absolute atomic E-state index is 6.19. The molecule has 0 amide bonds. The molecule has 1 aromatic rings. The fourth-order valence-electron chi connectivity index (χ4n) is 2.57. The smallest absolute Gasteiger partial charge is 0.166 e. The van der Waals surface area contributed by atoms with E-state index < -0.39 is 0 Å². The van der Waals surface area contributed by atoms with Gasteiger partial charge in [0.25, 0.3) is 0 Å². The summed E-state index contributed by atoms with van der Waals surface area (Å²) in [6, 6.07) is 6.06. The van der Waals surface area contributed by atoms with Crippen molar-refractivity contribution in [2.45, 2.75) is 38.3 Å². The Morgan fingerprint density at radius 1 is 1.20 bits per heavy atom. The van der Waals surface area contributed by atoms with Gasteiger partial charge in [0, 0.05) is 25.8 Å². The van der Waals surface area contributed by atoms with Gasteiger partial charge in [0.2, 0.25) is 0 Å². The Bertz CT molecular complexity index is 403. The summed E-state index contributed by atoms with van der Waals surface area (Å²) < 4.78 is 16.7. The molecule has 0 heterocycles. The van der Waals surface area contributed by atoms with Gasteiger partial charge in [-0.2, -0.15) is 0 Å². The SMILES string of the molecule is COCCNCc1cccc(OC)c1OC1CCCC1. The molecule has 1 fully saturated rings. The van der Waals surface area contributed by atoms with Gasteiger partial charge in [0.1, 0.15) is 0 Å². The fraction of sp³-hybridized carbons (Fsp3) is 0.625. The normalized spacial score (nSPS) is 15.5. The van der Waals surface area contributed by atoms with Crippen LogP contribution >= 0.6 is 0 Å². The molecule has 1 aliphatic carbocycles. The average molecular weight is 279 g/mol. The topological polar surface area (TPSA) is 39.7 Å². The zero-order valence-electron chi connectivity index (χ0n) is 12.5. The fourth-order valence-corrected chi connectivity index (χ4v) is 2.57. The van der Waals surface area contributed by atoms with E-state index in [4.69, 9.17) is 14.2 Å². The van der Waals surface area contributed by atoms with E-state index >= 15 is 0 Å². The van der Waals surface area contributed by atoms with Gasteiger partial charge < -0.3 is 19.5 Å². The number of methoxy groups -OCH3 is 2. The summed E-state index contributed by atoms with van der Waals surface area (Å²) in [7, 11) is 3.40. The van der Waals surface area contributed by atoms with Crippen LogP contribution < -0.4 is 14.8 Å². The van der Waals surface area contributed by atoms with Crippen LogP contribution in [0.1, 0.15) is 31.2 Å². The molecule has 0 saturated heterocycles. The minimum Gasteiger partial charge on any atom is -0.493 e. The zero-order valence-corrected chi connectivity index (χ0v) is 12.5. The molecule has 4 heteroatoms. The molecular formula is C16H25NO3. The number of hydrogen-bond acceptors (Lipinski definition) is 4. The molecule has 0 atom stereocenters. The molecule has 0 radical (unpaired) electrons. The van der Waals surface area contributed by atoms with Gasteiger partial charge in [-0.15, -0.1) is 0 Å². The van der Waals surface area contributed by atoms with Crippen molar-refractivity contribution in [3.63, 3.8) is 0 Å². The van der Waals surface area contributed by atoms with Crippen molar-refractivity contribution < 1.29 is 14.2 Å². The maximum atomic E-state index is 6.19. The lowest BCUT2D eigenvalue weighted by molar-refractivity contribution is 0.194. The second-order valence-corrected chi connectivity index (χ2v) is 5.14. The first kappa shape index (κ1) is 15.1. The third-order valence-electron chi connectivity index (χ3n) is 3.67. The molecule has 1 aliphatic rings. The number of benzene rings is 1. The largest absolute Gasteiger partial charge is 0.493 e. The maximum Gasteiger partial charge on any atom is 0.166 e. The standard InChI is InChI=1S/C16H25NO3/c1-18-11-10-17-12-13-6-5-9-15(19-2)16(13)20-14-7-3-4-8-14/h5-6,9,14,17H,3-4,7-8,10-12H2,1-2H3. The highest BCUT2D eigenvalue weighted by Gasteiger charge is 2.20. The monoisotopic (exact) mass is 279 g/mol. The van der Waals surface area contributed by atoms with E-state index in [1.54, 1.807) is 14.2 Å². The van der Waals surface area contributed by atoms with E-state index in [0.717, 1.165) is 43.0 Å². The van der Waals surface area contributed by atoms with E-state index in [1.807, 2.05) is 12.1 Å². The number of rotatable bonds is 8. The molecule has 1 aromatic carbocycles. The highest BCUT2D eigenvalue weighted by molar-refractivity contribution is 5.46. The van der Waals surface area contributed by atoms with Crippen molar-refractivity contribution >= 4 is 0 Å². The average Bonchev–Trinajstić information content (AvgIpc) is 2.98. The molecule has 0 aromatic heterocycles. The van der Waals surface area contributed by atoms with Crippen LogP contribution in [0.5, 0.6) is 11.5 Å². The molecule has 20 heavy (non-hydrogen) atoms.